The first-order valence-corrected chi connectivity index (χ1v) is 7.31. The fraction of sp³-hybridized carbons (Fsp3) is 0.133. The molecule has 3 rings (SSSR count). The Hall–Kier alpha value is -2.80. The van der Waals surface area contributed by atoms with Crippen LogP contribution < -0.4 is 5.32 Å². The number of anilines is 1. The average Bonchev–Trinajstić information content (AvgIpc) is 3.04. The molecule has 1 amide bonds. The van der Waals surface area contributed by atoms with Gasteiger partial charge in [0, 0.05) is 24.2 Å². The predicted octanol–water partition coefficient (Wildman–Crippen LogP) is 2.49. The third-order valence-electron chi connectivity index (χ3n) is 3.17. The fourth-order valence-corrected chi connectivity index (χ4v) is 2.11. The number of hydrogen-bond acceptors (Lipinski definition) is 5. The minimum Gasteiger partial charge on any atom is -0.309 e. The van der Waals surface area contributed by atoms with E-state index in [1.54, 1.807) is 36.8 Å². The topological polar surface area (TPSA) is 96.5 Å². The van der Waals surface area contributed by atoms with Crippen molar-refractivity contribution in [2.24, 2.45) is 0 Å². The summed E-state index contributed by atoms with van der Waals surface area (Å²) in [6, 6.07) is 7.11. The predicted molar refractivity (Wildman–Crippen MR) is 85.8 cm³/mol. The van der Waals surface area contributed by atoms with Crippen molar-refractivity contribution in [3.05, 3.63) is 53.6 Å². The number of hydrogen-bond donors (Lipinski definition) is 2. The number of aromatic amines is 1. The molecule has 8 heteroatoms. The Kier molecular flexibility index (Phi) is 4.58. The molecule has 2 N–H and O–H groups in total. The number of amides is 1. The minimum absolute atomic E-state index is 0.120. The van der Waals surface area contributed by atoms with Crippen molar-refractivity contribution in [3.63, 3.8) is 0 Å². The van der Waals surface area contributed by atoms with Crippen molar-refractivity contribution in [2.45, 2.75) is 12.8 Å². The summed E-state index contributed by atoms with van der Waals surface area (Å²) in [6.45, 7) is 0. The lowest BCUT2D eigenvalue weighted by molar-refractivity contribution is -0.116. The van der Waals surface area contributed by atoms with Crippen molar-refractivity contribution in [1.82, 2.24) is 25.4 Å². The molecule has 3 heterocycles. The van der Waals surface area contributed by atoms with Crippen LogP contribution in [0.25, 0.3) is 11.3 Å². The Balaban J connectivity index is 1.56. The van der Waals surface area contributed by atoms with Gasteiger partial charge in [-0.15, -0.1) is 0 Å². The van der Waals surface area contributed by atoms with Crippen LogP contribution in [0.4, 0.5) is 5.82 Å². The lowest BCUT2D eigenvalue weighted by atomic mass is 10.1. The fourth-order valence-electron chi connectivity index (χ4n) is 2.00. The zero-order chi connectivity index (χ0) is 16.1. The van der Waals surface area contributed by atoms with E-state index in [1.807, 2.05) is 6.07 Å². The van der Waals surface area contributed by atoms with Gasteiger partial charge in [0.05, 0.1) is 18.1 Å². The molecule has 0 radical (unpaired) electrons. The number of rotatable bonds is 5. The maximum atomic E-state index is 12.0. The lowest BCUT2D eigenvalue weighted by Crippen LogP contribution is -2.12. The van der Waals surface area contributed by atoms with Crippen molar-refractivity contribution in [2.75, 3.05) is 5.32 Å². The first-order valence-electron chi connectivity index (χ1n) is 6.93. The molecule has 0 unspecified atom stereocenters. The monoisotopic (exact) mass is 328 g/mol. The Morgan fingerprint density at radius 2 is 2.13 bits per heavy atom. The highest BCUT2D eigenvalue weighted by Gasteiger charge is 2.08. The van der Waals surface area contributed by atoms with E-state index in [2.05, 4.69) is 30.7 Å². The van der Waals surface area contributed by atoms with Gasteiger partial charge >= 0.3 is 0 Å². The molecular formula is C15H13ClN6O. The molecule has 0 fully saturated rings. The second-order valence-electron chi connectivity index (χ2n) is 4.84. The molecule has 0 aromatic carbocycles. The van der Waals surface area contributed by atoms with Crippen LogP contribution in [-0.2, 0) is 11.2 Å². The van der Waals surface area contributed by atoms with E-state index in [0.29, 0.717) is 23.8 Å². The van der Waals surface area contributed by atoms with Crippen LogP contribution in [0.2, 0.25) is 5.15 Å². The molecule has 0 aliphatic rings. The highest BCUT2D eigenvalue weighted by molar-refractivity contribution is 6.29. The van der Waals surface area contributed by atoms with Gasteiger partial charge in [-0.25, -0.2) is 4.98 Å². The molecule has 0 bridgehead atoms. The molecular weight excluding hydrogens is 316 g/mol. The number of nitrogens with zero attached hydrogens (tertiary/aromatic N) is 4. The summed E-state index contributed by atoms with van der Waals surface area (Å²) in [6.07, 6.45) is 5.80. The summed E-state index contributed by atoms with van der Waals surface area (Å²) < 4.78 is 0. The van der Waals surface area contributed by atoms with Crippen molar-refractivity contribution in [1.29, 1.82) is 0 Å². The van der Waals surface area contributed by atoms with Crippen LogP contribution in [0.3, 0.4) is 0 Å². The van der Waals surface area contributed by atoms with Crippen molar-refractivity contribution in [3.8, 4) is 11.3 Å². The molecule has 0 saturated carbocycles. The largest absolute Gasteiger partial charge is 0.309 e. The third kappa shape index (κ3) is 4.10. The Bertz CT molecular complexity index is 787. The highest BCUT2D eigenvalue weighted by atomic mass is 35.5. The van der Waals surface area contributed by atoms with E-state index in [4.69, 9.17) is 11.6 Å². The summed E-state index contributed by atoms with van der Waals surface area (Å²) in [4.78, 5) is 15.9. The molecule has 7 nitrogen and oxygen atoms in total. The number of aryl methyl sites for hydroxylation is 1. The lowest BCUT2D eigenvalue weighted by Gasteiger charge is -2.02. The van der Waals surface area contributed by atoms with E-state index < -0.39 is 0 Å². The number of carbonyl (C=O) groups is 1. The van der Waals surface area contributed by atoms with Crippen molar-refractivity contribution >= 4 is 23.3 Å². The normalized spacial score (nSPS) is 10.5. The molecule has 0 atom stereocenters. The van der Waals surface area contributed by atoms with Crippen LogP contribution >= 0.6 is 11.6 Å². The van der Waals surface area contributed by atoms with E-state index in [1.165, 1.54) is 0 Å². The van der Waals surface area contributed by atoms with E-state index in [0.717, 1.165) is 16.8 Å². The minimum atomic E-state index is -0.120. The van der Waals surface area contributed by atoms with E-state index >= 15 is 0 Å². The van der Waals surface area contributed by atoms with Gasteiger partial charge < -0.3 is 5.32 Å². The summed E-state index contributed by atoms with van der Waals surface area (Å²) in [5.74, 6) is 0.349. The quantitative estimate of drug-likeness (QED) is 0.701. The Morgan fingerprint density at radius 3 is 2.87 bits per heavy atom. The Labute approximate surface area is 137 Å². The molecule has 0 aliphatic carbocycles. The number of H-pyrrole nitrogens is 1. The zero-order valence-electron chi connectivity index (χ0n) is 12.0. The van der Waals surface area contributed by atoms with Gasteiger partial charge in [0.15, 0.2) is 5.82 Å². The first kappa shape index (κ1) is 15.1. The third-order valence-corrected chi connectivity index (χ3v) is 3.39. The summed E-state index contributed by atoms with van der Waals surface area (Å²) in [5, 5.41) is 17.6. The molecule has 0 saturated heterocycles. The second kappa shape index (κ2) is 6.97. The standard InChI is InChI=1S/C15H13ClN6O/c16-13-3-1-10(8-17-13)2-4-15(23)20-14-7-12(21-22-14)11-5-6-18-19-9-11/h1,3,5-9H,2,4H2,(H2,20,21,22,23). The van der Waals surface area contributed by atoms with E-state index in [-0.39, 0.29) is 5.91 Å². The van der Waals surface area contributed by atoms with Gasteiger partial charge in [-0.2, -0.15) is 15.3 Å². The molecule has 116 valence electrons. The summed E-state index contributed by atoms with van der Waals surface area (Å²) >= 11 is 5.72. The number of halogens is 1. The molecule has 3 aromatic rings. The first-order chi connectivity index (χ1) is 11.2. The van der Waals surface area contributed by atoms with Gasteiger partial charge in [-0.1, -0.05) is 17.7 Å². The number of aromatic nitrogens is 5. The van der Waals surface area contributed by atoms with Gasteiger partial charge in [0.25, 0.3) is 0 Å². The van der Waals surface area contributed by atoms with Gasteiger partial charge in [0.2, 0.25) is 5.91 Å². The SMILES string of the molecule is O=C(CCc1ccc(Cl)nc1)Nc1cc(-c2ccnnc2)[nH]n1. The number of pyridine rings is 1. The smallest absolute Gasteiger partial charge is 0.225 e. The van der Waals surface area contributed by atoms with Crippen LogP contribution in [0.1, 0.15) is 12.0 Å². The number of nitrogens with one attached hydrogen (secondary N) is 2. The second-order valence-corrected chi connectivity index (χ2v) is 5.22. The van der Waals surface area contributed by atoms with Gasteiger partial charge in [-0.3, -0.25) is 9.89 Å². The molecule has 0 spiro atoms. The van der Waals surface area contributed by atoms with Crippen LogP contribution in [0.15, 0.2) is 42.9 Å². The zero-order valence-corrected chi connectivity index (χ0v) is 12.8. The summed E-state index contributed by atoms with van der Waals surface area (Å²) in [7, 11) is 0. The highest BCUT2D eigenvalue weighted by Crippen LogP contribution is 2.18. The maximum absolute atomic E-state index is 12.0. The number of carbonyl (C=O) groups excluding carboxylic acids is 1. The Morgan fingerprint density at radius 1 is 1.22 bits per heavy atom. The molecule has 3 aromatic heterocycles. The van der Waals surface area contributed by atoms with Crippen LogP contribution in [-0.4, -0.2) is 31.3 Å². The van der Waals surface area contributed by atoms with Crippen molar-refractivity contribution < 1.29 is 4.79 Å². The molecule has 0 aliphatic heterocycles. The van der Waals surface area contributed by atoms with Crippen LogP contribution in [0, 0.1) is 0 Å². The van der Waals surface area contributed by atoms with Gasteiger partial charge in [0.1, 0.15) is 5.15 Å². The van der Waals surface area contributed by atoms with E-state index in [9.17, 15) is 4.79 Å². The van der Waals surface area contributed by atoms with Gasteiger partial charge in [-0.05, 0) is 24.1 Å². The summed E-state index contributed by atoms with van der Waals surface area (Å²) in [5.41, 5.74) is 2.56. The maximum Gasteiger partial charge on any atom is 0.225 e. The average molecular weight is 329 g/mol. The van der Waals surface area contributed by atoms with Crippen LogP contribution in [0.5, 0.6) is 0 Å². The molecule has 23 heavy (non-hydrogen) atoms.